The second-order valence-corrected chi connectivity index (χ2v) is 15.6. The summed E-state index contributed by atoms with van der Waals surface area (Å²) in [5.74, 6) is -2.71. The Morgan fingerprint density at radius 1 is 0.914 bits per heavy atom. The standard InChI is InChI=1S/C42H53N9O7/c1-25(2)19-34-42(58)51-23-29(52)21-35(51)41(57)44-16-10-9-15-32(47-36(53)24-50-18-17-43-37(50)27-11-5-4-6-12-27)39(55)46-26(3)38(54)48-33(40(56)49-34)20-28-22-45-31-14-8-7-13-30(28)31/h4-8,11-14,17-18,22,25-26,29,32-35,45,52H,9-10,15-16,19-21,23-24H2,1-3H3,(H,44,57)(H,46,55)(H,47,53)(H,48,54)(H,49,56)/t26-,29-,32+,33+,34-,35+/m1/s1. The number of H-pyrrole nitrogens is 1. The molecule has 58 heavy (non-hydrogen) atoms. The van der Waals surface area contributed by atoms with Gasteiger partial charge in [0.1, 0.15) is 42.6 Å². The number of fused-ring (bicyclic) bond motifs is 2. The Bertz CT molecular complexity index is 2100. The van der Waals surface area contributed by atoms with Crippen LogP contribution < -0.4 is 26.6 Å². The predicted molar refractivity (Wildman–Crippen MR) is 216 cm³/mol. The van der Waals surface area contributed by atoms with Crippen molar-refractivity contribution in [3.8, 4) is 11.4 Å². The van der Waals surface area contributed by atoms with E-state index in [1.54, 1.807) is 23.2 Å². The van der Waals surface area contributed by atoms with E-state index in [9.17, 15) is 33.9 Å². The van der Waals surface area contributed by atoms with Crippen molar-refractivity contribution in [3.63, 3.8) is 0 Å². The van der Waals surface area contributed by atoms with Crippen LogP contribution in [-0.2, 0) is 41.7 Å². The Kier molecular flexibility index (Phi) is 13.6. The van der Waals surface area contributed by atoms with Gasteiger partial charge in [-0.3, -0.25) is 28.8 Å². The highest BCUT2D eigenvalue weighted by molar-refractivity contribution is 5.97. The largest absolute Gasteiger partial charge is 0.391 e. The van der Waals surface area contributed by atoms with E-state index in [-0.39, 0.29) is 51.2 Å². The summed E-state index contributed by atoms with van der Waals surface area (Å²) in [6, 6.07) is 11.6. The van der Waals surface area contributed by atoms with Gasteiger partial charge < -0.3 is 46.1 Å². The Hall–Kier alpha value is -6.03. The number of aromatic nitrogens is 3. The molecular formula is C42H53N9O7. The maximum Gasteiger partial charge on any atom is 0.245 e. The fourth-order valence-corrected chi connectivity index (χ4v) is 7.63. The first-order chi connectivity index (χ1) is 27.9. The smallest absolute Gasteiger partial charge is 0.245 e. The van der Waals surface area contributed by atoms with Crippen molar-refractivity contribution in [2.45, 2.75) is 102 Å². The average molecular weight is 796 g/mol. The molecule has 2 fully saturated rings. The number of carbonyl (C=O) groups is 6. The van der Waals surface area contributed by atoms with Crippen LogP contribution in [0.4, 0.5) is 0 Å². The van der Waals surface area contributed by atoms with Crippen LogP contribution in [0, 0.1) is 5.92 Å². The number of carbonyl (C=O) groups excluding carboxylic acids is 6. The highest BCUT2D eigenvalue weighted by Crippen LogP contribution is 2.23. The topological polar surface area (TPSA) is 220 Å². The summed E-state index contributed by atoms with van der Waals surface area (Å²) >= 11 is 0. The number of nitrogens with zero attached hydrogens (tertiary/aromatic N) is 3. The third kappa shape index (κ3) is 10.3. The molecule has 6 atom stereocenters. The molecule has 7 N–H and O–H groups in total. The minimum atomic E-state index is -1.18. The first kappa shape index (κ1) is 41.6. The van der Waals surface area contributed by atoms with Gasteiger partial charge in [-0.15, -0.1) is 0 Å². The molecule has 6 rings (SSSR count). The molecule has 4 aromatic rings. The number of imidazole rings is 1. The quantitative estimate of drug-likeness (QED) is 0.138. The van der Waals surface area contributed by atoms with Crippen LogP contribution >= 0.6 is 0 Å². The van der Waals surface area contributed by atoms with Crippen molar-refractivity contribution in [3.05, 3.63) is 78.8 Å². The van der Waals surface area contributed by atoms with E-state index in [1.165, 1.54) is 11.8 Å². The molecule has 0 bridgehead atoms. The number of nitrogens with one attached hydrogen (secondary N) is 6. The molecule has 0 spiro atoms. The number of rotatable bonds is 8. The Morgan fingerprint density at radius 3 is 2.43 bits per heavy atom. The van der Waals surface area contributed by atoms with Gasteiger partial charge in [0.25, 0.3) is 0 Å². The molecule has 2 aliphatic heterocycles. The summed E-state index contributed by atoms with van der Waals surface area (Å²) in [6.45, 7) is 5.32. The minimum absolute atomic E-state index is 0.0353. The molecule has 2 saturated heterocycles. The summed E-state index contributed by atoms with van der Waals surface area (Å²) < 4.78 is 1.68. The zero-order valence-electron chi connectivity index (χ0n) is 33.1. The molecule has 16 heteroatoms. The van der Waals surface area contributed by atoms with Gasteiger partial charge in [0.2, 0.25) is 35.4 Å². The van der Waals surface area contributed by atoms with E-state index >= 15 is 0 Å². The van der Waals surface area contributed by atoms with Gasteiger partial charge in [-0.25, -0.2) is 4.98 Å². The van der Waals surface area contributed by atoms with Crippen LogP contribution in [0.15, 0.2) is 73.2 Å². The van der Waals surface area contributed by atoms with E-state index in [0.717, 1.165) is 22.0 Å². The number of hydrogen-bond donors (Lipinski definition) is 7. The number of hydrogen-bond acceptors (Lipinski definition) is 8. The van der Waals surface area contributed by atoms with Crippen molar-refractivity contribution >= 4 is 46.3 Å². The van der Waals surface area contributed by atoms with Gasteiger partial charge in [-0.05, 0) is 50.2 Å². The third-order valence-electron chi connectivity index (χ3n) is 10.6. The Balaban J connectivity index is 1.25. The first-order valence-electron chi connectivity index (χ1n) is 20.0. The highest BCUT2D eigenvalue weighted by atomic mass is 16.3. The van der Waals surface area contributed by atoms with E-state index in [4.69, 9.17) is 0 Å². The lowest BCUT2D eigenvalue weighted by atomic mass is 10.00. The molecule has 308 valence electrons. The van der Waals surface area contributed by atoms with Gasteiger partial charge in [0.15, 0.2) is 0 Å². The summed E-state index contributed by atoms with van der Waals surface area (Å²) in [5.41, 5.74) is 2.40. The molecule has 2 aromatic carbocycles. The normalized spacial score (nSPS) is 24.2. The third-order valence-corrected chi connectivity index (χ3v) is 10.6. The van der Waals surface area contributed by atoms with Crippen molar-refractivity contribution in [1.82, 2.24) is 46.0 Å². The van der Waals surface area contributed by atoms with Crippen LogP contribution in [0.25, 0.3) is 22.3 Å². The number of aromatic amines is 1. The van der Waals surface area contributed by atoms with E-state index < -0.39 is 71.8 Å². The van der Waals surface area contributed by atoms with Crippen molar-refractivity contribution in [2.75, 3.05) is 13.1 Å². The summed E-state index contributed by atoms with van der Waals surface area (Å²) in [4.78, 5) is 91.9. The van der Waals surface area contributed by atoms with E-state index in [1.807, 2.05) is 68.4 Å². The molecule has 6 amide bonds. The molecule has 16 nitrogen and oxygen atoms in total. The van der Waals surface area contributed by atoms with Crippen LogP contribution in [0.1, 0.15) is 58.4 Å². The summed E-state index contributed by atoms with van der Waals surface area (Å²) in [5, 5.41) is 25.5. The van der Waals surface area contributed by atoms with Crippen LogP contribution in [-0.4, -0.2) is 109 Å². The fourth-order valence-electron chi connectivity index (χ4n) is 7.63. The second-order valence-electron chi connectivity index (χ2n) is 15.6. The van der Waals surface area contributed by atoms with Crippen LogP contribution in [0.3, 0.4) is 0 Å². The van der Waals surface area contributed by atoms with Gasteiger partial charge in [0, 0.05) is 61.0 Å². The zero-order chi connectivity index (χ0) is 41.3. The second kappa shape index (κ2) is 18.9. The lowest BCUT2D eigenvalue weighted by Crippen LogP contribution is -2.59. The van der Waals surface area contributed by atoms with Crippen LogP contribution in [0.2, 0.25) is 0 Å². The lowest BCUT2D eigenvalue weighted by molar-refractivity contribution is -0.142. The number of aliphatic hydroxyl groups excluding tert-OH is 1. The van der Waals surface area contributed by atoms with Gasteiger partial charge in [-0.2, -0.15) is 0 Å². The molecule has 2 aliphatic rings. The summed E-state index contributed by atoms with van der Waals surface area (Å²) in [6.07, 6.45) is 5.46. The molecule has 0 saturated carbocycles. The monoisotopic (exact) mass is 795 g/mol. The number of aliphatic hydroxyl groups is 1. The molecule has 2 aromatic heterocycles. The maximum absolute atomic E-state index is 14.2. The Morgan fingerprint density at radius 2 is 1.66 bits per heavy atom. The van der Waals surface area contributed by atoms with Gasteiger partial charge >= 0.3 is 0 Å². The minimum Gasteiger partial charge on any atom is -0.391 e. The molecule has 0 unspecified atom stereocenters. The molecule has 0 radical (unpaired) electrons. The van der Waals surface area contributed by atoms with Crippen molar-refractivity contribution < 1.29 is 33.9 Å². The zero-order valence-corrected chi connectivity index (χ0v) is 33.1. The molecular weight excluding hydrogens is 743 g/mol. The first-order valence-corrected chi connectivity index (χ1v) is 20.0. The van der Waals surface area contributed by atoms with Gasteiger partial charge in [-0.1, -0.05) is 62.4 Å². The molecule has 0 aliphatic carbocycles. The number of amides is 6. The Labute approximate surface area is 336 Å². The SMILES string of the molecule is CC(C)C[C@H]1NC(=O)[C@H](Cc2c[nH]c3ccccc23)NC(=O)[C@@H](C)NC(=O)[C@@H](NC(=O)Cn2ccnc2-c2ccccc2)CCCCNC(=O)[C@@H]2C[C@@H](O)CN2C1=O. The van der Waals surface area contributed by atoms with Crippen molar-refractivity contribution in [2.24, 2.45) is 5.92 Å². The van der Waals surface area contributed by atoms with Crippen LogP contribution in [0.5, 0.6) is 0 Å². The lowest BCUT2D eigenvalue weighted by Gasteiger charge is -2.30. The number of para-hydroxylation sites is 1. The molecule has 4 heterocycles. The predicted octanol–water partition coefficient (Wildman–Crippen LogP) is 1.54. The van der Waals surface area contributed by atoms with Crippen molar-refractivity contribution in [1.29, 1.82) is 0 Å². The average Bonchev–Trinajstić information content (AvgIpc) is 3.94. The van der Waals surface area contributed by atoms with Gasteiger partial charge in [0.05, 0.1) is 6.10 Å². The highest BCUT2D eigenvalue weighted by Gasteiger charge is 2.42. The van der Waals surface area contributed by atoms with E-state index in [0.29, 0.717) is 18.7 Å². The fraction of sp³-hybridized carbons (Fsp3) is 0.452. The number of benzene rings is 2. The summed E-state index contributed by atoms with van der Waals surface area (Å²) in [7, 11) is 0. The maximum atomic E-state index is 14.2. The van der Waals surface area contributed by atoms with E-state index in [2.05, 4.69) is 36.6 Å².